The number of hydrogen-bond acceptors (Lipinski definition) is 1. The van der Waals surface area contributed by atoms with Gasteiger partial charge in [-0.15, -0.1) is 0 Å². The zero-order valence-electron chi connectivity index (χ0n) is 10.9. The summed E-state index contributed by atoms with van der Waals surface area (Å²) in [5.74, 6) is 0.234. The van der Waals surface area contributed by atoms with Crippen LogP contribution in [-0.2, 0) is 0 Å². The maximum Gasteiger partial charge on any atom is 0.140 e. The Labute approximate surface area is 117 Å². The average Bonchev–Trinajstić information content (AvgIpc) is 2.59. The predicted octanol–water partition coefficient (Wildman–Crippen LogP) is 4.61. The van der Waals surface area contributed by atoms with Crippen molar-refractivity contribution in [1.29, 1.82) is 0 Å². The first-order chi connectivity index (χ1) is 8.74. The first-order valence-electron chi connectivity index (χ1n) is 6.91. The molecule has 2 unspecified atom stereocenters. The summed E-state index contributed by atoms with van der Waals surface area (Å²) in [6.07, 6.45) is 5.98. The van der Waals surface area contributed by atoms with E-state index < -0.39 is 0 Å². The number of rotatable bonds is 3. The topological polar surface area (TPSA) is 12.0 Å². The van der Waals surface area contributed by atoms with Gasteiger partial charge in [-0.1, -0.05) is 38.3 Å². The summed E-state index contributed by atoms with van der Waals surface area (Å²) in [7, 11) is 0. The van der Waals surface area contributed by atoms with Crippen LogP contribution in [0, 0.1) is 5.82 Å². The lowest BCUT2D eigenvalue weighted by Gasteiger charge is -2.27. The first kappa shape index (κ1) is 14.0. The predicted molar refractivity (Wildman–Crippen MR) is 77.4 cm³/mol. The summed E-state index contributed by atoms with van der Waals surface area (Å²) in [5, 5.41) is 3.54. The highest BCUT2D eigenvalue weighted by Gasteiger charge is 2.27. The van der Waals surface area contributed by atoms with E-state index >= 15 is 0 Å². The number of halogens is 2. The van der Waals surface area contributed by atoms with Crippen LogP contribution in [-0.4, -0.2) is 12.6 Å². The number of hydrogen-bond donors (Lipinski definition) is 1. The quantitative estimate of drug-likeness (QED) is 0.803. The van der Waals surface area contributed by atoms with Crippen molar-refractivity contribution in [3.8, 4) is 0 Å². The second kappa shape index (κ2) is 6.67. The Balaban J connectivity index is 2.28. The van der Waals surface area contributed by atoms with Gasteiger partial charge in [0.05, 0.1) is 4.47 Å². The second-order valence-corrected chi connectivity index (χ2v) is 5.91. The van der Waals surface area contributed by atoms with E-state index in [0.717, 1.165) is 24.9 Å². The third-order valence-corrected chi connectivity index (χ3v) is 4.48. The van der Waals surface area contributed by atoms with Crippen LogP contribution in [0.3, 0.4) is 0 Å². The van der Waals surface area contributed by atoms with Crippen molar-refractivity contribution in [2.45, 2.75) is 51.0 Å². The SMILES string of the molecule is CCNC1CCCCCC1c1cccc(Br)c1F. The lowest BCUT2D eigenvalue weighted by Crippen LogP contribution is -2.34. The van der Waals surface area contributed by atoms with Crippen molar-refractivity contribution in [2.24, 2.45) is 0 Å². The summed E-state index contributed by atoms with van der Waals surface area (Å²) >= 11 is 3.30. The molecule has 2 atom stereocenters. The minimum atomic E-state index is -0.0766. The average molecular weight is 314 g/mol. The van der Waals surface area contributed by atoms with Crippen molar-refractivity contribution >= 4 is 15.9 Å². The molecule has 0 spiro atoms. The van der Waals surface area contributed by atoms with Gasteiger partial charge in [0, 0.05) is 12.0 Å². The molecule has 0 aromatic heterocycles. The molecule has 1 aromatic rings. The van der Waals surface area contributed by atoms with Gasteiger partial charge in [0.25, 0.3) is 0 Å². The molecule has 1 nitrogen and oxygen atoms in total. The number of benzene rings is 1. The third kappa shape index (κ3) is 3.12. The molecule has 100 valence electrons. The highest BCUT2D eigenvalue weighted by atomic mass is 79.9. The van der Waals surface area contributed by atoms with Crippen molar-refractivity contribution in [1.82, 2.24) is 5.32 Å². The van der Waals surface area contributed by atoms with Crippen LogP contribution in [0.2, 0.25) is 0 Å². The largest absolute Gasteiger partial charge is 0.314 e. The van der Waals surface area contributed by atoms with Gasteiger partial charge in [-0.25, -0.2) is 4.39 Å². The Kier molecular flexibility index (Phi) is 5.19. The van der Waals surface area contributed by atoms with Gasteiger partial charge in [-0.05, 0) is 46.9 Å². The molecule has 0 aliphatic heterocycles. The molecule has 1 saturated carbocycles. The molecule has 0 radical (unpaired) electrons. The Morgan fingerprint density at radius 3 is 2.83 bits per heavy atom. The zero-order chi connectivity index (χ0) is 13.0. The van der Waals surface area contributed by atoms with Gasteiger partial charge < -0.3 is 5.32 Å². The fourth-order valence-electron chi connectivity index (χ4n) is 2.99. The van der Waals surface area contributed by atoms with Crippen LogP contribution >= 0.6 is 15.9 Å². The molecular weight excluding hydrogens is 293 g/mol. The molecule has 1 N–H and O–H groups in total. The fourth-order valence-corrected chi connectivity index (χ4v) is 3.37. The molecule has 3 heteroatoms. The Hall–Kier alpha value is -0.410. The summed E-state index contributed by atoms with van der Waals surface area (Å²) in [5.41, 5.74) is 0.872. The molecule has 0 heterocycles. The first-order valence-corrected chi connectivity index (χ1v) is 7.70. The molecule has 1 fully saturated rings. The smallest absolute Gasteiger partial charge is 0.140 e. The fraction of sp³-hybridized carbons (Fsp3) is 0.600. The van der Waals surface area contributed by atoms with Crippen LogP contribution in [0.25, 0.3) is 0 Å². The van der Waals surface area contributed by atoms with Crippen LogP contribution in [0.1, 0.15) is 50.5 Å². The standard InChI is InChI=1S/C15H21BrFN/c1-2-18-14-10-5-3-4-7-11(14)12-8-6-9-13(16)15(12)17/h6,8-9,11,14,18H,2-5,7,10H2,1H3. The Morgan fingerprint density at radius 2 is 2.06 bits per heavy atom. The molecular formula is C15H21BrFN. The Morgan fingerprint density at radius 1 is 1.28 bits per heavy atom. The van der Waals surface area contributed by atoms with E-state index in [1.54, 1.807) is 6.07 Å². The van der Waals surface area contributed by atoms with Crippen LogP contribution in [0.15, 0.2) is 22.7 Å². The molecule has 18 heavy (non-hydrogen) atoms. The number of nitrogens with one attached hydrogen (secondary N) is 1. The lowest BCUT2D eigenvalue weighted by atomic mass is 9.87. The maximum absolute atomic E-state index is 14.3. The summed E-state index contributed by atoms with van der Waals surface area (Å²) in [4.78, 5) is 0. The summed E-state index contributed by atoms with van der Waals surface area (Å²) < 4.78 is 14.8. The van der Waals surface area contributed by atoms with Crippen molar-refractivity contribution < 1.29 is 4.39 Å². The van der Waals surface area contributed by atoms with Gasteiger partial charge in [0.1, 0.15) is 5.82 Å². The highest BCUT2D eigenvalue weighted by molar-refractivity contribution is 9.10. The van der Waals surface area contributed by atoms with Crippen LogP contribution < -0.4 is 5.32 Å². The van der Waals surface area contributed by atoms with E-state index in [-0.39, 0.29) is 5.82 Å². The summed E-state index contributed by atoms with van der Waals surface area (Å²) in [6.45, 7) is 3.08. The molecule has 1 aromatic carbocycles. The second-order valence-electron chi connectivity index (χ2n) is 5.05. The normalized spacial score (nSPS) is 24.8. The summed E-state index contributed by atoms with van der Waals surface area (Å²) in [6, 6.07) is 6.08. The van der Waals surface area contributed by atoms with Gasteiger partial charge in [0.15, 0.2) is 0 Å². The van der Waals surface area contributed by atoms with Crippen LogP contribution in [0.4, 0.5) is 4.39 Å². The molecule has 2 rings (SSSR count). The minimum Gasteiger partial charge on any atom is -0.314 e. The van der Waals surface area contributed by atoms with Gasteiger partial charge >= 0.3 is 0 Å². The maximum atomic E-state index is 14.3. The van der Waals surface area contributed by atoms with E-state index in [9.17, 15) is 4.39 Å². The minimum absolute atomic E-state index is 0.0766. The van der Waals surface area contributed by atoms with E-state index in [0.29, 0.717) is 16.4 Å². The molecule has 0 bridgehead atoms. The Bertz CT molecular complexity index is 394. The third-order valence-electron chi connectivity index (χ3n) is 3.86. The highest BCUT2D eigenvalue weighted by Crippen LogP contribution is 2.35. The van der Waals surface area contributed by atoms with Gasteiger partial charge in [-0.2, -0.15) is 0 Å². The van der Waals surface area contributed by atoms with Crippen molar-refractivity contribution in [3.05, 3.63) is 34.1 Å². The lowest BCUT2D eigenvalue weighted by molar-refractivity contribution is 0.407. The van der Waals surface area contributed by atoms with E-state index in [2.05, 4.69) is 28.2 Å². The van der Waals surface area contributed by atoms with E-state index in [1.807, 2.05) is 12.1 Å². The zero-order valence-corrected chi connectivity index (χ0v) is 12.5. The number of likely N-dealkylation sites (N-methyl/N-ethyl adjacent to an activating group) is 1. The van der Waals surface area contributed by atoms with Gasteiger partial charge in [0.2, 0.25) is 0 Å². The molecule has 0 amide bonds. The van der Waals surface area contributed by atoms with Gasteiger partial charge in [-0.3, -0.25) is 0 Å². The van der Waals surface area contributed by atoms with Crippen molar-refractivity contribution in [3.63, 3.8) is 0 Å². The van der Waals surface area contributed by atoms with E-state index in [1.165, 1.54) is 19.3 Å². The van der Waals surface area contributed by atoms with Crippen LogP contribution in [0.5, 0.6) is 0 Å². The monoisotopic (exact) mass is 313 g/mol. The van der Waals surface area contributed by atoms with E-state index in [4.69, 9.17) is 0 Å². The molecule has 0 saturated heterocycles. The molecule has 1 aliphatic rings. The molecule has 1 aliphatic carbocycles. The van der Waals surface area contributed by atoms with Crippen molar-refractivity contribution in [2.75, 3.05) is 6.54 Å².